The van der Waals surface area contributed by atoms with E-state index in [9.17, 15) is 5.11 Å². The SMILES string of the molecule is CCCC12CN3CC(C)(CN(C1)C31CCCCC1)[C@@H]2O. The first-order valence-electron chi connectivity index (χ1n) is 8.73. The third-order valence-corrected chi connectivity index (χ3v) is 6.94. The molecule has 5 aliphatic rings. The molecule has 114 valence electrons. The lowest BCUT2D eigenvalue weighted by molar-refractivity contribution is -0.300. The monoisotopic (exact) mass is 278 g/mol. The number of rotatable bonds is 2. The van der Waals surface area contributed by atoms with Gasteiger partial charge >= 0.3 is 0 Å². The standard InChI is InChI=1S/C17H30N2O/c1-3-7-16-12-18-10-15(2,14(16)20)11-19(13-16)17(18)8-5-4-6-9-17/h14,20H,3-13H2,1-2H3/t14-,15?,16?/m0/s1. The molecule has 0 aromatic heterocycles. The molecule has 5 fully saturated rings. The van der Waals surface area contributed by atoms with Crippen molar-refractivity contribution < 1.29 is 5.11 Å². The Hall–Kier alpha value is -0.120. The van der Waals surface area contributed by atoms with Crippen LogP contribution in [0.4, 0.5) is 0 Å². The molecule has 1 aliphatic carbocycles. The molecule has 5 rings (SSSR count). The molecular formula is C17H30N2O. The fraction of sp³-hybridized carbons (Fsp3) is 1.00. The Morgan fingerprint density at radius 2 is 1.60 bits per heavy atom. The van der Waals surface area contributed by atoms with Crippen molar-refractivity contribution in [1.82, 2.24) is 9.80 Å². The summed E-state index contributed by atoms with van der Waals surface area (Å²) >= 11 is 0. The maximum atomic E-state index is 11.0. The zero-order chi connectivity index (χ0) is 14.0. The molecule has 3 heteroatoms. The van der Waals surface area contributed by atoms with Crippen LogP contribution < -0.4 is 0 Å². The normalized spacial score (nSPS) is 52.6. The van der Waals surface area contributed by atoms with Gasteiger partial charge in [-0.1, -0.05) is 39.5 Å². The Labute approximate surface area is 123 Å². The Bertz CT molecular complexity index is 384. The van der Waals surface area contributed by atoms with E-state index in [1.54, 1.807) is 0 Å². The van der Waals surface area contributed by atoms with Crippen molar-refractivity contribution in [1.29, 1.82) is 0 Å². The molecule has 2 unspecified atom stereocenters. The van der Waals surface area contributed by atoms with Gasteiger partial charge in [0.2, 0.25) is 0 Å². The highest BCUT2D eigenvalue weighted by atomic mass is 16.3. The van der Waals surface area contributed by atoms with Gasteiger partial charge in [0, 0.05) is 37.0 Å². The number of nitrogens with zero attached hydrogens (tertiary/aromatic N) is 2. The molecule has 4 heterocycles. The van der Waals surface area contributed by atoms with E-state index in [4.69, 9.17) is 0 Å². The second-order valence-electron chi connectivity index (χ2n) is 8.42. The first kappa shape index (κ1) is 13.5. The third-order valence-electron chi connectivity index (χ3n) is 6.94. The first-order valence-corrected chi connectivity index (χ1v) is 8.73. The quantitative estimate of drug-likeness (QED) is 0.840. The molecule has 3 nitrogen and oxygen atoms in total. The summed E-state index contributed by atoms with van der Waals surface area (Å²) in [6.45, 7) is 9.14. The predicted molar refractivity (Wildman–Crippen MR) is 80.4 cm³/mol. The van der Waals surface area contributed by atoms with E-state index < -0.39 is 0 Å². The summed E-state index contributed by atoms with van der Waals surface area (Å²) in [6, 6.07) is 0. The van der Waals surface area contributed by atoms with Gasteiger partial charge in [0.25, 0.3) is 0 Å². The Morgan fingerprint density at radius 1 is 1.00 bits per heavy atom. The Balaban J connectivity index is 1.72. The number of aliphatic hydroxyl groups is 1. The van der Waals surface area contributed by atoms with Crippen LogP contribution in [-0.2, 0) is 0 Å². The van der Waals surface area contributed by atoms with Crippen molar-refractivity contribution in [2.75, 3.05) is 26.2 Å². The maximum absolute atomic E-state index is 11.0. The number of piperidine rings is 2. The molecule has 1 saturated carbocycles. The smallest absolute Gasteiger partial charge is 0.0738 e. The summed E-state index contributed by atoms with van der Waals surface area (Å²) in [5, 5.41) is 11.0. The van der Waals surface area contributed by atoms with Crippen LogP contribution in [0.5, 0.6) is 0 Å². The van der Waals surface area contributed by atoms with Crippen LogP contribution >= 0.6 is 0 Å². The Morgan fingerprint density at radius 3 is 2.15 bits per heavy atom. The minimum absolute atomic E-state index is 0.0941. The maximum Gasteiger partial charge on any atom is 0.0738 e. The largest absolute Gasteiger partial charge is 0.392 e. The molecule has 0 aromatic carbocycles. The second kappa shape index (κ2) is 4.21. The molecule has 0 radical (unpaired) electrons. The molecule has 4 saturated heterocycles. The van der Waals surface area contributed by atoms with E-state index in [0.29, 0.717) is 5.66 Å². The number of hydrogen-bond acceptors (Lipinski definition) is 3. The van der Waals surface area contributed by atoms with Gasteiger partial charge in [-0.3, -0.25) is 9.80 Å². The van der Waals surface area contributed by atoms with Crippen molar-refractivity contribution in [2.45, 2.75) is 70.6 Å². The van der Waals surface area contributed by atoms with Gasteiger partial charge < -0.3 is 5.11 Å². The van der Waals surface area contributed by atoms with Crippen LogP contribution in [-0.4, -0.2) is 52.9 Å². The van der Waals surface area contributed by atoms with Gasteiger partial charge in [0.1, 0.15) is 0 Å². The topological polar surface area (TPSA) is 26.7 Å². The van der Waals surface area contributed by atoms with Gasteiger partial charge in [0.15, 0.2) is 0 Å². The second-order valence-corrected chi connectivity index (χ2v) is 8.42. The summed E-state index contributed by atoms with van der Waals surface area (Å²) < 4.78 is 0. The molecule has 0 aromatic rings. The summed E-state index contributed by atoms with van der Waals surface area (Å²) in [4.78, 5) is 5.59. The van der Waals surface area contributed by atoms with Crippen LogP contribution in [0.2, 0.25) is 0 Å². The Kier molecular flexibility index (Phi) is 2.85. The lowest BCUT2D eigenvalue weighted by atomic mass is 9.56. The van der Waals surface area contributed by atoms with Crippen molar-refractivity contribution in [3.8, 4) is 0 Å². The van der Waals surface area contributed by atoms with E-state index in [-0.39, 0.29) is 16.9 Å². The molecule has 20 heavy (non-hydrogen) atoms. The first-order chi connectivity index (χ1) is 9.55. The zero-order valence-electron chi connectivity index (χ0n) is 13.2. The minimum atomic E-state index is -0.0941. The van der Waals surface area contributed by atoms with Crippen LogP contribution in [0.1, 0.15) is 58.8 Å². The van der Waals surface area contributed by atoms with Gasteiger partial charge in [0.05, 0.1) is 11.8 Å². The molecule has 4 bridgehead atoms. The molecule has 0 amide bonds. The average Bonchev–Trinajstić information content (AvgIpc) is 2.42. The molecular weight excluding hydrogens is 248 g/mol. The number of aliphatic hydroxyl groups excluding tert-OH is 1. The zero-order valence-corrected chi connectivity index (χ0v) is 13.2. The summed E-state index contributed by atoms with van der Waals surface area (Å²) in [6.07, 6.45) is 9.23. The van der Waals surface area contributed by atoms with Crippen LogP contribution in [0.3, 0.4) is 0 Å². The van der Waals surface area contributed by atoms with Gasteiger partial charge in [-0.25, -0.2) is 0 Å². The predicted octanol–water partition coefficient (Wildman–Crippen LogP) is 2.45. The summed E-state index contributed by atoms with van der Waals surface area (Å²) in [5.41, 5.74) is 0.631. The van der Waals surface area contributed by atoms with Gasteiger partial charge in [-0.15, -0.1) is 0 Å². The van der Waals surface area contributed by atoms with E-state index in [2.05, 4.69) is 23.6 Å². The lowest BCUT2D eigenvalue weighted by Crippen LogP contribution is -2.84. The van der Waals surface area contributed by atoms with E-state index in [1.807, 2.05) is 0 Å². The number of hydrogen-bond donors (Lipinski definition) is 1. The highest BCUT2D eigenvalue weighted by Crippen LogP contribution is 2.58. The highest BCUT2D eigenvalue weighted by Gasteiger charge is 2.67. The van der Waals surface area contributed by atoms with Crippen molar-refractivity contribution in [2.24, 2.45) is 10.8 Å². The van der Waals surface area contributed by atoms with Gasteiger partial charge in [-0.05, 0) is 19.3 Å². The lowest BCUT2D eigenvalue weighted by Gasteiger charge is -2.74. The highest BCUT2D eigenvalue weighted by molar-refractivity contribution is 5.18. The molecule has 1 N–H and O–H groups in total. The molecule has 1 spiro atoms. The van der Waals surface area contributed by atoms with E-state index in [1.165, 1.54) is 44.9 Å². The molecule has 4 aliphatic heterocycles. The van der Waals surface area contributed by atoms with Crippen molar-refractivity contribution in [3.05, 3.63) is 0 Å². The minimum Gasteiger partial charge on any atom is -0.392 e. The molecule has 3 atom stereocenters. The third kappa shape index (κ3) is 1.52. The van der Waals surface area contributed by atoms with Crippen LogP contribution in [0.25, 0.3) is 0 Å². The summed E-state index contributed by atoms with van der Waals surface area (Å²) in [7, 11) is 0. The van der Waals surface area contributed by atoms with Gasteiger partial charge in [-0.2, -0.15) is 0 Å². The summed E-state index contributed by atoms with van der Waals surface area (Å²) in [5.74, 6) is 0. The fourth-order valence-corrected chi connectivity index (χ4v) is 6.26. The van der Waals surface area contributed by atoms with Crippen LogP contribution in [0.15, 0.2) is 0 Å². The van der Waals surface area contributed by atoms with E-state index in [0.717, 1.165) is 26.2 Å². The average molecular weight is 278 g/mol. The van der Waals surface area contributed by atoms with E-state index >= 15 is 0 Å². The van der Waals surface area contributed by atoms with Crippen molar-refractivity contribution >= 4 is 0 Å². The van der Waals surface area contributed by atoms with Crippen molar-refractivity contribution in [3.63, 3.8) is 0 Å². The van der Waals surface area contributed by atoms with Crippen LogP contribution in [0, 0.1) is 10.8 Å². The fourth-order valence-electron chi connectivity index (χ4n) is 6.26.